The minimum Gasteiger partial charge on any atom is -0.399 e. The Hall–Kier alpha value is -1.63. The first kappa shape index (κ1) is 14.3. The van der Waals surface area contributed by atoms with E-state index < -0.39 is 0 Å². The summed E-state index contributed by atoms with van der Waals surface area (Å²) >= 11 is 2.00. The molecule has 1 aliphatic heterocycles. The molecule has 0 spiro atoms. The van der Waals surface area contributed by atoms with Crippen molar-refractivity contribution < 1.29 is 9.18 Å². The van der Waals surface area contributed by atoms with Gasteiger partial charge in [0, 0.05) is 22.3 Å². The summed E-state index contributed by atoms with van der Waals surface area (Å²) in [4.78, 5) is 14.4. The average molecular weight is 396 g/mol. The molecule has 0 saturated heterocycles. The molecule has 0 radical (unpaired) electrons. The van der Waals surface area contributed by atoms with Crippen molar-refractivity contribution >= 4 is 34.2 Å². The van der Waals surface area contributed by atoms with Gasteiger partial charge in [0.1, 0.15) is 5.82 Å². The van der Waals surface area contributed by atoms with Crippen molar-refractivity contribution in [2.75, 3.05) is 12.3 Å². The van der Waals surface area contributed by atoms with Crippen molar-refractivity contribution in [3.05, 3.63) is 62.5 Å². The van der Waals surface area contributed by atoms with Crippen LogP contribution in [-0.2, 0) is 13.0 Å². The first-order chi connectivity index (χ1) is 10.0. The number of halogens is 2. The summed E-state index contributed by atoms with van der Waals surface area (Å²) in [6.07, 6.45) is 0.819. The van der Waals surface area contributed by atoms with Crippen LogP contribution in [0.2, 0.25) is 0 Å². The number of hydrogen-bond donors (Lipinski definition) is 1. The maximum Gasteiger partial charge on any atom is 0.255 e. The lowest BCUT2D eigenvalue weighted by molar-refractivity contribution is 0.0733. The molecule has 0 fully saturated rings. The minimum atomic E-state index is -0.326. The number of fused-ring (bicyclic) bond motifs is 1. The lowest BCUT2D eigenvalue weighted by Gasteiger charge is -2.29. The van der Waals surface area contributed by atoms with E-state index in [1.807, 2.05) is 40.8 Å². The van der Waals surface area contributed by atoms with Gasteiger partial charge in [-0.3, -0.25) is 4.79 Å². The zero-order valence-corrected chi connectivity index (χ0v) is 13.4. The van der Waals surface area contributed by atoms with E-state index in [-0.39, 0.29) is 11.7 Å². The second-order valence-corrected chi connectivity index (χ2v) is 6.29. The van der Waals surface area contributed by atoms with Crippen LogP contribution in [0.3, 0.4) is 0 Å². The number of carbonyl (C=O) groups excluding carboxylic acids is 1. The van der Waals surface area contributed by atoms with Gasteiger partial charge < -0.3 is 10.6 Å². The predicted octanol–water partition coefficient (Wildman–Crippen LogP) is 3.21. The molecule has 0 aliphatic carbocycles. The normalized spacial score (nSPS) is 13.9. The van der Waals surface area contributed by atoms with Crippen LogP contribution in [-0.4, -0.2) is 17.4 Å². The standard InChI is InChI=1S/C16H14FIN2O/c17-12-2-4-14(15(18)8-12)16(21)20-6-5-10-1-3-13(19)7-11(10)9-20/h1-4,7-8H,5-6,9,19H2. The highest BCUT2D eigenvalue weighted by Gasteiger charge is 2.23. The Morgan fingerprint density at radius 1 is 1.19 bits per heavy atom. The zero-order valence-electron chi connectivity index (χ0n) is 11.3. The first-order valence-corrected chi connectivity index (χ1v) is 7.74. The van der Waals surface area contributed by atoms with Crippen molar-refractivity contribution in [2.45, 2.75) is 13.0 Å². The largest absolute Gasteiger partial charge is 0.399 e. The van der Waals surface area contributed by atoms with E-state index in [0.29, 0.717) is 27.9 Å². The van der Waals surface area contributed by atoms with Crippen LogP contribution in [0.5, 0.6) is 0 Å². The van der Waals surface area contributed by atoms with Gasteiger partial charge in [0.25, 0.3) is 5.91 Å². The fraction of sp³-hybridized carbons (Fsp3) is 0.188. The topological polar surface area (TPSA) is 46.3 Å². The van der Waals surface area contributed by atoms with E-state index in [1.54, 1.807) is 11.0 Å². The highest BCUT2D eigenvalue weighted by molar-refractivity contribution is 14.1. The Bertz CT molecular complexity index is 717. The Kier molecular flexibility index (Phi) is 3.84. The highest BCUT2D eigenvalue weighted by atomic mass is 127. The molecule has 1 amide bonds. The molecular weight excluding hydrogens is 382 g/mol. The quantitative estimate of drug-likeness (QED) is 0.595. The Morgan fingerprint density at radius 2 is 2.00 bits per heavy atom. The second kappa shape index (κ2) is 5.63. The molecule has 2 N–H and O–H groups in total. The Balaban J connectivity index is 1.87. The molecule has 108 valence electrons. The molecule has 0 saturated carbocycles. The molecular formula is C16H14FIN2O. The first-order valence-electron chi connectivity index (χ1n) is 6.66. The minimum absolute atomic E-state index is 0.0625. The van der Waals surface area contributed by atoms with E-state index in [4.69, 9.17) is 5.73 Å². The number of hydrogen-bond acceptors (Lipinski definition) is 2. The van der Waals surface area contributed by atoms with Crippen LogP contribution < -0.4 is 5.73 Å². The number of carbonyl (C=O) groups is 1. The molecule has 0 atom stereocenters. The molecule has 2 aromatic carbocycles. The smallest absolute Gasteiger partial charge is 0.255 e. The zero-order chi connectivity index (χ0) is 15.0. The molecule has 3 rings (SSSR count). The van der Waals surface area contributed by atoms with Gasteiger partial charge in [-0.05, 0) is 70.5 Å². The molecule has 3 nitrogen and oxygen atoms in total. The van der Waals surface area contributed by atoms with E-state index in [2.05, 4.69) is 0 Å². The molecule has 1 aliphatic rings. The van der Waals surface area contributed by atoms with Gasteiger partial charge in [-0.15, -0.1) is 0 Å². The summed E-state index contributed by atoms with van der Waals surface area (Å²) < 4.78 is 13.8. The number of nitrogens with zero attached hydrogens (tertiary/aromatic N) is 1. The lowest BCUT2D eigenvalue weighted by Crippen LogP contribution is -2.36. The van der Waals surface area contributed by atoms with Gasteiger partial charge in [-0.2, -0.15) is 0 Å². The van der Waals surface area contributed by atoms with Gasteiger partial charge in [0.15, 0.2) is 0 Å². The third-order valence-electron chi connectivity index (χ3n) is 3.69. The van der Waals surface area contributed by atoms with E-state index in [9.17, 15) is 9.18 Å². The fourth-order valence-corrected chi connectivity index (χ4v) is 3.29. The summed E-state index contributed by atoms with van der Waals surface area (Å²) in [6, 6.07) is 10.1. The van der Waals surface area contributed by atoms with Gasteiger partial charge >= 0.3 is 0 Å². The van der Waals surface area contributed by atoms with Crippen LogP contribution in [0, 0.1) is 9.39 Å². The van der Waals surface area contributed by atoms with Crippen LogP contribution in [0.15, 0.2) is 36.4 Å². The number of benzene rings is 2. The number of nitrogens with two attached hydrogens (primary N) is 1. The highest BCUT2D eigenvalue weighted by Crippen LogP contribution is 2.24. The van der Waals surface area contributed by atoms with Gasteiger partial charge in [-0.25, -0.2) is 4.39 Å². The summed E-state index contributed by atoms with van der Waals surface area (Å²) in [6.45, 7) is 1.22. The van der Waals surface area contributed by atoms with Crippen LogP contribution in [0.1, 0.15) is 21.5 Å². The van der Waals surface area contributed by atoms with E-state index >= 15 is 0 Å². The molecule has 5 heteroatoms. The molecule has 0 aromatic heterocycles. The Labute approximate surface area is 136 Å². The maximum atomic E-state index is 13.2. The monoisotopic (exact) mass is 396 g/mol. The average Bonchev–Trinajstić information content (AvgIpc) is 2.46. The number of nitrogen functional groups attached to an aromatic ring is 1. The third kappa shape index (κ3) is 2.88. The van der Waals surface area contributed by atoms with Crippen molar-refractivity contribution in [3.8, 4) is 0 Å². The van der Waals surface area contributed by atoms with Gasteiger partial charge in [0.05, 0.1) is 5.56 Å². The van der Waals surface area contributed by atoms with E-state index in [0.717, 1.165) is 12.0 Å². The van der Waals surface area contributed by atoms with Crippen LogP contribution in [0.4, 0.5) is 10.1 Å². The van der Waals surface area contributed by atoms with Crippen molar-refractivity contribution in [2.24, 2.45) is 0 Å². The van der Waals surface area contributed by atoms with Crippen LogP contribution >= 0.6 is 22.6 Å². The summed E-state index contributed by atoms with van der Waals surface area (Å²) in [5.74, 6) is -0.389. The molecule has 21 heavy (non-hydrogen) atoms. The SMILES string of the molecule is Nc1ccc2c(c1)CN(C(=O)c1ccc(F)cc1I)CC2. The van der Waals surface area contributed by atoms with Gasteiger partial charge in [0.2, 0.25) is 0 Å². The molecule has 0 bridgehead atoms. The maximum absolute atomic E-state index is 13.2. The number of rotatable bonds is 1. The second-order valence-electron chi connectivity index (χ2n) is 5.13. The van der Waals surface area contributed by atoms with Crippen molar-refractivity contribution in [1.29, 1.82) is 0 Å². The van der Waals surface area contributed by atoms with Gasteiger partial charge in [-0.1, -0.05) is 6.07 Å². The molecule has 1 heterocycles. The summed E-state index contributed by atoms with van der Waals surface area (Å²) in [5.41, 5.74) is 9.39. The Morgan fingerprint density at radius 3 is 2.76 bits per heavy atom. The van der Waals surface area contributed by atoms with E-state index in [1.165, 1.54) is 17.7 Å². The number of amides is 1. The summed E-state index contributed by atoms with van der Waals surface area (Å²) in [5, 5.41) is 0. The van der Waals surface area contributed by atoms with Crippen molar-refractivity contribution in [3.63, 3.8) is 0 Å². The predicted molar refractivity (Wildman–Crippen MR) is 88.4 cm³/mol. The molecule has 2 aromatic rings. The third-order valence-corrected chi connectivity index (χ3v) is 4.58. The summed E-state index contributed by atoms with van der Waals surface area (Å²) in [7, 11) is 0. The van der Waals surface area contributed by atoms with Crippen LogP contribution in [0.25, 0.3) is 0 Å². The van der Waals surface area contributed by atoms with Crippen molar-refractivity contribution in [1.82, 2.24) is 4.90 Å². The number of anilines is 1. The molecule has 0 unspecified atom stereocenters. The fourth-order valence-electron chi connectivity index (χ4n) is 2.58. The lowest BCUT2D eigenvalue weighted by atomic mass is 9.98.